The fraction of sp³-hybridized carbons (Fsp3) is 0.909. The van der Waals surface area contributed by atoms with Gasteiger partial charge in [-0.25, -0.2) is 0 Å². The molecule has 3 nitrogen and oxygen atoms in total. The van der Waals surface area contributed by atoms with Crippen LogP contribution in [0.3, 0.4) is 0 Å². The van der Waals surface area contributed by atoms with Crippen molar-refractivity contribution in [3.63, 3.8) is 0 Å². The van der Waals surface area contributed by atoms with E-state index in [-0.39, 0.29) is 11.2 Å². The second kappa shape index (κ2) is 6.38. The van der Waals surface area contributed by atoms with Crippen molar-refractivity contribution in [2.24, 2.45) is 0 Å². The van der Waals surface area contributed by atoms with Crippen molar-refractivity contribution >= 4 is 18.5 Å². The topological polar surface area (TPSA) is 23.6 Å². The third-order valence-electron chi connectivity index (χ3n) is 2.99. The van der Waals surface area contributed by atoms with E-state index in [1.807, 2.05) is 4.90 Å². The van der Waals surface area contributed by atoms with Crippen LogP contribution in [-0.4, -0.2) is 53.7 Å². The van der Waals surface area contributed by atoms with Gasteiger partial charge in [-0.05, 0) is 26.1 Å². The van der Waals surface area contributed by atoms with E-state index in [0.717, 1.165) is 39.1 Å². The average Bonchev–Trinajstić information content (AvgIpc) is 2.52. The molecule has 1 atom stereocenters. The van der Waals surface area contributed by atoms with Crippen LogP contribution in [0.2, 0.25) is 0 Å². The summed E-state index contributed by atoms with van der Waals surface area (Å²) in [5.74, 6) is 0.273. The van der Waals surface area contributed by atoms with Crippen molar-refractivity contribution in [1.82, 2.24) is 9.80 Å². The second-order valence-corrected chi connectivity index (χ2v) is 4.81. The Morgan fingerprint density at radius 2 is 2.13 bits per heavy atom. The van der Waals surface area contributed by atoms with Gasteiger partial charge in [0.25, 0.3) is 0 Å². The lowest BCUT2D eigenvalue weighted by Gasteiger charge is -2.21. The fourth-order valence-corrected chi connectivity index (χ4v) is 2.35. The van der Waals surface area contributed by atoms with Crippen molar-refractivity contribution in [2.75, 3.05) is 32.7 Å². The van der Waals surface area contributed by atoms with Gasteiger partial charge in [0.15, 0.2) is 0 Å². The first-order chi connectivity index (χ1) is 7.17. The quantitative estimate of drug-likeness (QED) is 0.694. The Labute approximate surface area is 98.2 Å². The lowest BCUT2D eigenvalue weighted by atomic mass is 10.3. The molecule has 0 aromatic carbocycles. The minimum atomic E-state index is 0.256. The Bertz CT molecular complexity index is 207. The summed E-state index contributed by atoms with van der Waals surface area (Å²) >= 11 is 4.34. The second-order valence-electron chi connectivity index (χ2n) is 4.08. The first-order valence-electron chi connectivity index (χ1n) is 5.85. The molecule has 1 saturated heterocycles. The lowest BCUT2D eigenvalue weighted by molar-refractivity contribution is -0.127. The number of nitrogens with zero attached hydrogens (tertiary/aromatic N) is 2. The molecule has 0 aliphatic carbocycles. The van der Waals surface area contributed by atoms with E-state index >= 15 is 0 Å². The summed E-state index contributed by atoms with van der Waals surface area (Å²) < 4.78 is 0. The summed E-state index contributed by atoms with van der Waals surface area (Å²) in [7, 11) is 0. The molecule has 4 heteroatoms. The van der Waals surface area contributed by atoms with E-state index < -0.39 is 0 Å². The minimum absolute atomic E-state index is 0.256. The van der Waals surface area contributed by atoms with Crippen LogP contribution >= 0.6 is 12.6 Å². The number of amides is 1. The third-order valence-corrected chi connectivity index (χ3v) is 3.34. The SMILES string of the molecule is CCN(CC)CCCN1CC(S)CC1=O. The van der Waals surface area contributed by atoms with Gasteiger partial charge >= 0.3 is 0 Å². The zero-order valence-corrected chi connectivity index (χ0v) is 10.7. The number of likely N-dealkylation sites (tertiary alicyclic amines) is 1. The van der Waals surface area contributed by atoms with Gasteiger partial charge in [0.05, 0.1) is 0 Å². The first-order valence-corrected chi connectivity index (χ1v) is 6.37. The molecule has 15 heavy (non-hydrogen) atoms. The summed E-state index contributed by atoms with van der Waals surface area (Å²) in [5, 5.41) is 0.256. The van der Waals surface area contributed by atoms with Crippen LogP contribution in [0.5, 0.6) is 0 Å². The number of hydrogen-bond acceptors (Lipinski definition) is 3. The molecule has 88 valence electrons. The molecule has 1 fully saturated rings. The van der Waals surface area contributed by atoms with Crippen LogP contribution in [-0.2, 0) is 4.79 Å². The van der Waals surface area contributed by atoms with Crippen LogP contribution in [0.1, 0.15) is 26.7 Å². The van der Waals surface area contributed by atoms with Gasteiger partial charge in [-0.3, -0.25) is 4.79 Å². The summed E-state index contributed by atoms with van der Waals surface area (Å²) in [6.07, 6.45) is 1.70. The van der Waals surface area contributed by atoms with Crippen molar-refractivity contribution in [3.05, 3.63) is 0 Å². The van der Waals surface area contributed by atoms with Gasteiger partial charge in [0.2, 0.25) is 5.91 Å². The van der Waals surface area contributed by atoms with E-state index in [1.54, 1.807) is 0 Å². The average molecular weight is 230 g/mol. The van der Waals surface area contributed by atoms with Crippen LogP contribution in [0, 0.1) is 0 Å². The standard InChI is InChI=1S/C11H22N2OS/c1-3-12(4-2)6-5-7-13-9-10(15)8-11(13)14/h10,15H,3-9H2,1-2H3. The molecule has 1 amide bonds. The predicted molar refractivity (Wildman–Crippen MR) is 66.4 cm³/mol. The Morgan fingerprint density at radius 3 is 2.60 bits per heavy atom. The molecule has 1 aliphatic rings. The largest absolute Gasteiger partial charge is 0.342 e. The molecule has 0 bridgehead atoms. The zero-order chi connectivity index (χ0) is 11.3. The van der Waals surface area contributed by atoms with Crippen molar-refractivity contribution in [3.8, 4) is 0 Å². The monoisotopic (exact) mass is 230 g/mol. The number of hydrogen-bond donors (Lipinski definition) is 1. The zero-order valence-electron chi connectivity index (χ0n) is 9.78. The van der Waals surface area contributed by atoms with Crippen molar-refractivity contribution in [2.45, 2.75) is 31.9 Å². The smallest absolute Gasteiger partial charge is 0.223 e. The maximum Gasteiger partial charge on any atom is 0.223 e. The molecular formula is C11H22N2OS. The highest BCUT2D eigenvalue weighted by Gasteiger charge is 2.26. The van der Waals surface area contributed by atoms with Crippen molar-refractivity contribution < 1.29 is 4.79 Å². The Morgan fingerprint density at radius 1 is 1.47 bits per heavy atom. The molecule has 0 aromatic heterocycles. The molecule has 0 aromatic rings. The summed E-state index contributed by atoms with van der Waals surface area (Å²) in [5.41, 5.74) is 0. The van der Waals surface area contributed by atoms with Crippen LogP contribution in [0.15, 0.2) is 0 Å². The molecule has 0 radical (unpaired) electrons. The van der Waals surface area contributed by atoms with Gasteiger partial charge < -0.3 is 9.80 Å². The molecular weight excluding hydrogens is 208 g/mol. The van der Waals surface area contributed by atoms with Gasteiger partial charge in [-0.15, -0.1) is 0 Å². The van der Waals surface area contributed by atoms with Gasteiger partial charge in [0.1, 0.15) is 0 Å². The normalized spacial score (nSPS) is 21.7. The summed E-state index contributed by atoms with van der Waals surface area (Å²) in [4.78, 5) is 15.8. The number of thiol groups is 1. The Balaban J connectivity index is 2.17. The van der Waals surface area contributed by atoms with Crippen molar-refractivity contribution in [1.29, 1.82) is 0 Å². The van der Waals surface area contributed by atoms with E-state index in [9.17, 15) is 4.79 Å². The fourth-order valence-electron chi connectivity index (χ4n) is 1.99. The van der Waals surface area contributed by atoms with E-state index in [2.05, 4.69) is 31.4 Å². The number of rotatable bonds is 6. The summed E-state index contributed by atoms with van der Waals surface area (Å²) in [6, 6.07) is 0. The van der Waals surface area contributed by atoms with Gasteiger partial charge in [-0.2, -0.15) is 12.6 Å². The first kappa shape index (κ1) is 12.8. The third kappa shape index (κ3) is 4.03. The van der Waals surface area contributed by atoms with Gasteiger partial charge in [0, 0.05) is 24.8 Å². The lowest BCUT2D eigenvalue weighted by Crippen LogP contribution is -2.31. The molecule has 0 N–H and O–H groups in total. The molecule has 0 saturated carbocycles. The van der Waals surface area contributed by atoms with E-state index in [0.29, 0.717) is 6.42 Å². The van der Waals surface area contributed by atoms with E-state index in [4.69, 9.17) is 0 Å². The highest BCUT2D eigenvalue weighted by atomic mass is 32.1. The summed E-state index contributed by atoms with van der Waals surface area (Å²) in [6.45, 7) is 9.36. The molecule has 1 unspecified atom stereocenters. The van der Waals surface area contributed by atoms with Gasteiger partial charge in [-0.1, -0.05) is 13.8 Å². The Hall–Kier alpha value is -0.220. The highest BCUT2D eigenvalue weighted by molar-refractivity contribution is 7.81. The van der Waals surface area contributed by atoms with Crippen LogP contribution < -0.4 is 0 Å². The molecule has 1 rings (SSSR count). The number of carbonyl (C=O) groups is 1. The number of carbonyl (C=O) groups excluding carboxylic acids is 1. The van der Waals surface area contributed by atoms with Crippen LogP contribution in [0.25, 0.3) is 0 Å². The minimum Gasteiger partial charge on any atom is -0.342 e. The van der Waals surface area contributed by atoms with Crippen LogP contribution in [0.4, 0.5) is 0 Å². The Kier molecular flexibility index (Phi) is 5.47. The van der Waals surface area contributed by atoms with E-state index in [1.165, 1.54) is 0 Å². The predicted octanol–water partition coefficient (Wildman–Crippen LogP) is 1.25. The maximum absolute atomic E-state index is 11.5. The molecule has 0 spiro atoms. The maximum atomic E-state index is 11.5. The molecule has 1 aliphatic heterocycles. The molecule has 1 heterocycles. The highest BCUT2D eigenvalue weighted by Crippen LogP contribution is 2.15.